The van der Waals surface area contributed by atoms with E-state index in [9.17, 15) is 13.2 Å². The van der Waals surface area contributed by atoms with E-state index in [0.29, 0.717) is 18.9 Å². The Morgan fingerprint density at radius 1 is 1.00 bits per heavy atom. The van der Waals surface area contributed by atoms with Crippen molar-refractivity contribution in [1.82, 2.24) is 4.90 Å². The third-order valence-electron chi connectivity index (χ3n) is 6.76. The lowest BCUT2D eigenvalue weighted by atomic mass is 9.87. The summed E-state index contributed by atoms with van der Waals surface area (Å²) in [5, 5.41) is 7.32. The molecule has 2 aromatic carbocycles. The van der Waals surface area contributed by atoms with Crippen molar-refractivity contribution in [3.05, 3.63) is 71.3 Å². The minimum Gasteiger partial charge on any atom is -0.301 e. The highest BCUT2D eigenvalue weighted by Crippen LogP contribution is 2.48. The Bertz CT molecular complexity index is 840. The van der Waals surface area contributed by atoms with Crippen LogP contribution in [0.4, 0.5) is 13.2 Å². The van der Waals surface area contributed by atoms with Crippen LogP contribution in [-0.4, -0.2) is 30.2 Å². The summed E-state index contributed by atoms with van der Waals surface area (Å²) in [7, 11) is 0. The number of halogens is 3. The fraction of sp³-hybridized carbons (Fsp3) is 0.536. The molecule has 0 aromatic heterocycles. The van der Waals surface area contributed by atoms with Gasteiger partial charge in [0.25, 0.3) is 0 Å². The van der Waals surface area contributed by atoms with Crippen LogP contribution < -0.4 is 0 Å². The van der Waals surface area contributed by atoms with Crippen molar-refractivity contribution in [1.29, 1.82) is 5.26 Å². The zero-order valence-corrected chi connectivity index (χ0v) is 20.1. The van der Waals surface area contributed by atoms with Crippen LogP contribution in [0.15, 0.2) is 54.6 Å². The SMILES string of the molecule is CC#N.CCN(CCc1ccccc1)C(C)CCc1ccc(C2CCCC2C(F)(F)F)cc1. The Morgan fingerprint density at radius 3 is 2.18 bits per heavy atom. The molecule has 1 aliphatic rings. The Hall–Kier alpha value is -2.32. The van der Waals surface area contributed by atoms with E-state index in [-0.39, 0.29) is 12.3 Å². The summed E-state index contributed by atoms with van der Waals surface area (Å²) in [5.41, 5.74) is 3.43. The fourth-order valence-electron chi connectivity index (χ4n) is 4.85. The van der Waals surface area contributed by atoms with Crippen molar-refractivity contribution in [2.24, 2.45) is 5.92 Å². The molecule has 0 radical (unpaired) electrons. The second-order valence-electron chi connectivity index (χ2n) is 8.90. The molecule has 2 aromatic rings. The molecule has 3 rings (SSSR count). The van der Waals surface area contributed by atoms with Crippen molar-refractivity contribution >= 4 is 0 Å². The fourth-order valence-corrected chi connectivity index (χ4v) is 4.85. The van der Waals surface area contributed by atoms with Gasteiger partial charge in [0.1, 0.15) is 0 Å². The molecule has 0 amide bonds. The smallest absolute Gasteiger partial charge is 0.301 e. The minimum atomic E-state index is -4.08. The predicted octanol–water partition coefficient (Wildman–Crippen LogP) is 7.55. The summed E-state index contributed by atoms with van der Waals surface area (Å²) in [5.74, 6) is -1.54. The lowest BCUT2D eigenvalue weighted by Crippen LogP contribution is -2.35. The average molecular weight is 459 g/mol. The highest BCUT2D eigenvalue weighted by atomic mass is 19.4. The summed E-state index contributed by atoms with van der Waals surface area (Å²) >= 11 is 0. The quantitative estimate of drug-likeness (QED) is 0.388. The largest absolute Gasteiger partial charge is 0.392 e. The highest BCUT2D eigenvalue weighted by Gasteiger charge is 2.47. The molecular weight excluding hydrogens is 421 g/mol. The van der Waals surface area contributed by atoms with E-state index >= 15 is 0 Å². The first kappa shape index (κ1) is 26.9. The Labute approximate surface area is 197 Å². The van der Waals surface area contributed by atoms with Gasteiger partial charge in [-0.2, -0.15) is 18.4 Å². The standard InChI is InChI=1S/C26H34F3N.C2H3N/c1-3-30(19-18-21-8-5-4-6-9-21)20(2)12-13-22-14-16-23(17-15-22)24-10-7-11-25(24)26(27,28)29;1-2-3/h4-6,8-9,14-17,20,24-25H,3,7,10-13,18-19H2,1-2H3;1H3. The Morgan fingerprint density at radius 2 is 1.61 bits per heavy atom. The van der Waals surface area contributed by atoms with Gasteiger partial charge >= 0.3 is 6.18 Å². The molecule has 1 saturated carbocycles. The number of nitrogens with zero attached hydrogens (tertiary/aromatic N) is 2. The second-order valence-corrected chi connectivity index (χ2v) is 8.90. The average Bonchev–Trinajstić information content (AvgIpc) is 3.30. The molecular formula is C28H37F3N2. The van der Waals surface area contributed by atoms with Crippen LogP contribution >= 0.6 is 0 Å². The van der Waals surface area contributed by atoms with Gasteiger partial charge in [0.15, 0.2) is 0 Å². The molecule has 5 heteroatoms. The monoisotopic (exact) mass is 458 g/mol. The van der Waals surface area contributed by atoms with Crippen LogP contribution in [0.5, 0.6) is 0 Å². The second kappa shape index (κ2) is 13.4. The molecule has 3 unspecified atom stereocenters. The number of rotatable bonds is 9. The molecule has 0 aliphatic heterocycles. The molecule has 0 saturated heterocycles. The summed E-state index contributed by atoms with van der Waals surface area (Å²) in [6.45, 7) is 7.97. The maximum Gasteiger partial charge on any atom is 0.392 e. The maximum atomic E-state index is 13.3. The normalized spacial score (nSPS) is 19.0. The summed E-state index contributed by atoms with van der Waals surface area (Å²) in [6.07, 6.45) is 0.558. The predicted molar refractivity (Wildman–Crippen MR) is 129 cm³/mol. The van der Waals surface area contributed by atoms with E-state index in [1.54, 1.807) is 6.07 Å². The van der Waals surface area contributed by atoms with E-state index in [1.165, 1.54) is 18.1 Å². The summed E-state index contributed by atoms with van der Waals surface area (Å²) < 4.78 is 39.8. The molecule has 3 atom stereocenters. The minimum absolute atomic E-state index is 0.267. The summed E-state index contributed by atoms with van der Waals surface area (Å²) in [6, 6.07) is 20.7. The van der Waals surface area contributed by atoms with Crippen molar-refractivity contribution in [2.45, 2.75) is 77.4 Å². The zero-order valence-electron chi connectivity index (χ0n) is 20.1. The first-order valence-corrected chi connectivity index (χ1v) is 12.0. The van der Waals surface area contributed by atoms with E-state index in [0.717, 1.165) is 37.9 Å². The van der Waals surface area contributed by atoms with Gasteiger partial charge in [-0.15, -0.1) is 0 Å². The van der Waals surface area contributed by atoms with Gasteiger partial charge in [0.2, 0.25) is 0 Å². The van der Waals surface area contributed by atoms with Crippen LogP contribution in [0, 0.1) is 17.2 Å². The Balaban J connectivity index is 0.00000122. The molecule has 0 N–H and O–H groups in total. The Kier molecular flexibility index (Phi) is 10.9. The van der Waals surface area contributed by atoms with E-state index < -0.39 is 12.1 Å². The van der Waals surface area contributed by atoms with E-state index in [4.69, 9.17) is 5.26 Å². The first-order chi connectivity index (χ1) is 15.8. The third-order valence-corrected chi connectivity index (χ3v) is 6.76. The van der Waals surface area contributed by atoms with Crippen molar-refractivity contribution < 1.29 is 13.2 Å². The molecule has 1 fully saturated rings. The van der Waals surface area contributed by atoms with Crippen LogP contribution in [0.25, 0.3) is 0 Å². The first-order valence-electron chi connectivity index (χ1n) is 12.0. The van der Waals surface area contributed by atoms with Gasteiger partial charge in [-0.25, -0.2) is 0 Å². The number of alkyl halides is 3. The van der Waals surface area contributed by atoms with Crippen LogP contribution in [-0.2, 0) is 12.8 Å². The lowest BCUT2D eigenvalue weighted by Gasteiger charge is -2.28. The molecule has 0 heterocycles. The van der Waals surface area contributed by atoms with E-state index in [2.05, 4.69) is 43.0 Å². The lowest BCUT2D eigenvalue weighted by molar-refractivity contribution is -0.176. The van der Waals surface area contributed by atoms with Crippen LogP contribution in [0.2, 0.25) is 0 Å². The molecule has 0 spiro atoms. The van der Waals surface area contributed by atoms with Gasteiger partial charge in [-0.3, -0.25) is 0 Å². The summed E-state index contributed by atoms with van der Waals surface area (Å²) in [4.78, 5) is 2.51. The van der Waals surface area contributed by atoms with Gasteiger partial charge in [-0.1, -0.05) is 67.9 Å². The number of likely N-dealkylation sites (N-methyl/N-ethyl adjacent to an activating group) is 1. The van der Waals surface area contributed by atoms with Crippen LogP contribution in [0.1, 0.15) is 69.1 Å². The topological polar surface area (TPSA) is 27.0 Å². The molecule has 0 bridgehead atoms. The van der Waals surface area contributed by atoms with Gasteiger partial charge in [-0.05, 0) is 68.2 Å². The number of aryl methyl sites for hydroxylation is 1. The maximum absolute atomic E-state index is 13.3. The zero-order chi connectivity index (χ0) is 24.3. The van der Waals surface area contributed by atoms with E-state index in [1.807, 2.05) is 30.3 Å². The number of benzene rings is 2. The molecule has 2 nitrogen and oxygen atoms in total. The van der Waals surface area contributed by atoms with Gasteiger partial charge in [0.05, 0.1) is 12.0 Å². The number of hydrogen-bond acceptors (Lipinski definition) is 2. The number of hydrogen-bond donors (Lipinski definition) is 0. The van der Waals surface area contributed by atoms with Gasteiger partial charge < -0.3 is 4.90 Å². The third kappa shape index (κ3) is 8.51. The van der Waals surface area contributed by atoms with Crippen molar-refractivity contribution in [3.8, 4) is 6.07 Å². The van der Waals surface area contributed by atoms with Gasteiger partial charge in [0, 0.05) is 19.5 Å². The van der Waals surface area contributed by atoms with Crippen LogP contribution in [0.3, 0.4) is 0 Å². The number of nitriles is 1. The molecule has 180 valence electrons. The highest BCUT2D eigenvalue weighted by molar-refractivity contribution is 5.27. The molecule has 1 aliphatic carbocycles. The van der Waals surface area contributed by atoms with Crippen molar-refractivity contribution in [2.75, 3.05) is 13.1 Å². The molecule has 33 heavy (non-hydrogen) atoms. The van der Waals surface area contributed by atoms with Crippen molar-refractivity contribution in [3.63, 3.8) is 0 Å².